The number of ether oxygens (including phenoxy) is 5. The molecule has 0 atom stereocenters. The van der Waals surface area contributed by atoms with Gasteiger partial charge in [0.25, 0.3) is 29.2 Å². The Morgan fingerprint density at radius 2 is 1.12 bits per heavy atom. The lowest BCUT2D eigenvalue weighted by Crippen LogP contribution is -2.18. The number of nitro groups is 2. The maximum Gasteiger partial charge on any atom is 0.311 e. The molecule has 0 saturated heterocycles. The first-order valence-electron chi connectivity index (χ1n) is 17.7. The van der Waals surface area contributed by atoms with E-state index in [1.165, 1.54) is 66.7 Å². The van der Waals surface area contributed by atoms with Crippen LogP contribution in [0.15, 0.2) is 59.7 Å². The maximum atomic E-state index is 13.7. The van der Waals surface area contributed by atoms with Gasteiger partial charge in [0.15, 0.2) is 23.0 Å². The highest BCUT2D eigenvalue weighted by Crippen LogP contribution is 2.29. The predicted molar refractivity (Wildman–Crippen MR) is 214 cm³/mol. The summed E-state index contributed by atoms with van der Waals surface area (Å²) < 4.78 is 105. The molecule has 5 heterocycles. The third-order valence-corrected chi connectivity index (χ3v) is 8.09. The fourth-order valence-electron chi connectivity index (χ4n) is 4.82. The number of aryl methyl sites for hydroxylation is 4. The van der Waals surface area contributed by atoms with Gasteiger partial charge in [0.2, 0.25) is 5.82 Å². The van der Waals surface area contributed by atoms with E-state index >= 15 is 0 Å². The molecule has 0 fully saturated rings. The van der Waals surface area contributed by atoms with Gasteiger partial charge >= 0.3 is 11.6 Å². The van der Waals surface area contributed by atoms with Crippen molar-refractivity contribution in [3.8, 4) is 34.8 Å². The van der Waals surface area contributed by atoms with Crippen LogP contribution in [0.4, 0.5) is 43.4 Å². The average Bonchev–Trinajstić information content (AvgIpc) is 3.22. The fourth-order valence-corrected chi connectivity index (χ4v) is 4.82. The normalized spacial score (nSPS) is 10.2. The molecule has 0 aliphatic heterocycles. The molecule has 0 unspecified atom stereocenters. The second-order valence-corrected chi connectivity index (χ2v) is 12.5. The van der Waals surface area contributed by atoms with Crippen molar-refractivity contribution in [2.45, 2.75) is 34.2 Å². The molecule has 5 aromatic heterocycles. The number of benzene rings is 1. The predicted octanol–water partition coefficient (Wildman–Crippen LogP) is 7.22. The highest BCUT2D eigenvalue weighted by atomic mass is 19.2. The molecule has 340 valence electrons. The van der Waals surface area contributed by atoms with Crippen molar-refractivity contribution in [2.24, 2.45) is 0 Å². The molecule has 6 rings (SSSR count). The minimum absolute atomic E-state index is 0.00377. The molecule has 25 heteroatoms. The van der Waals surface area contributed by atoms with Gasteiger partial charge in [-0.2, -0.15) is 22.5 Å². The summed E-state index contributed by atoms with van der Waals surface area (Å²) in [5.41, 5.74) is 5.57. The van der Waals surface area contributed by atoms with Crippen molar-refractivity contribution in [1.82, 2.24) is 29.5 Å². The number of nitrogen functional groups attached to an aromatic ring is 1. The van der Waals surface area contributed by atoms with Crippen LogP contribution in [0.5, 0.6) is 34.8 Å². The number of nitrogens with zero attached hydrogens (tertiary/aromatic N) is 8. The van der Waals surface area contributed by atoms with E-state index < -0.39 is 50.7 Å². The molecule has 0 aliphatic rings. The number of hydrogen-bond donors (Lipinski definition) is 1. The first kappa shape index (κ1) is 50.2. The third-order valence-electron chi connectivity index (χ3n) is 8.09. The van der Waals surface area contributed by atoms with Gasteiger partial charge in [-0.05, 0) is 45.4 Å². The summed E-state index contributed by atoms with van der Waals surface area (Å²) in [5.74, 6) is -5.14. The minimum Gasteiger partial charge on any atom is -0.495 e. The smallest absolute Gasteiger partial charge is 0.311 e. The van der Waals surface area contributed by atoms with Crippen molar-refractivity contribution in [3.63, 3.8) is 0 Å². The summed E-state index contributed by atoms with van der Waals surface area (Å²) >= 11 is 0. The summed E-state index contributed by atoms with van der Waals surface area (Å²) in [7, 11) is 5.26. The zero-order chi connectivity index (χ0) is 48.0. The molecule has 1 aromatic carbocycles. The van der Waals surface area contributed by atoms with E-state index in [4.69, 9.17) is 19.9 Å². The average molecular weight is 906 g/mol. The van der Waals surface area contributed by atoms with Crippen molar-refractivity contribution >= 4 is 17.1 Å². The van der Waals surface area contributed by atoms with E-state index in [-0.39, 0.29) is 63.9 Å². The summed E-state index contributed by atoms with van der Waals surface area (Å²) in [6.45, 7) is 5.76. The Balaban J connectivity index is 0.000000252. The lowest BCUT2D eigenvalue weighted by Gasteiger charge is -2.15. The van der Waals surface area contributed by atoms with E-state index in [1.54, 1.807) is 13.8 Å². The largest absolute Gasteiger partial charge is 0.495 e. The molecular weight excluding hydrogens is 868 g/mol. The number of pyridine rings is 4. The second-order valence-electron chi connectivity index (χ2n) is 12.5. The van der Waals surface area contributed by atoms with Crippen LogP contribution in [0, 0.1) is 83.2 Å². The molecular formula is C39H37F6N9O10. The Bertz CT molecular complexity index is 2690. The van der Waals surface area contributed by atoms with Crippen molar-refractivity contribution in [2.75, 3.05) is 34.2 Å². The number of rotatable bonds is 10. The molecule has 0 aliphatic carbocycles. The topological polar surface area (TPSA) is 245 Å². The van der Waals surface area contributed by atoms with Gasteiger partial charge in [-0.1, -0.05) is 0 Å². The Kier molecular flexibility index (Phi) is 17.8. The SMILES string of the molecule is COc1cc(N)c(C)nc1F.COc1cc(Oc2nc(=O)c(F)cn2Cc2cc(F)cc(F)c2)c(C)nc1F.COc1cc([N+](=O)[O-])c(C)nc1F.COc1cnc(C)c([N+](=O)[O-])c1. The van der Waals surface area contributed by atoms with Crippen LogP contribution in [-0.4, -0.2) is 67.8 Å². The number of methoxy groups -OCH3 is 4. The zero-order valence-corrected chi connectivity index (χ0v) is 34.9. The van der Waals surface area contributed by atoms with Gasteiger partial charge in [-0.25, -0.2) is 23.7 Å². The molecule has 0 spiro atoms. The van der Waals surface area contributed by atoms with Gasteiger partial charge in [-0.3, -0.25) is 34.6 Å². The van der Waals surface area contributed by atoms with Crippen molar-refractivity contribution < 1.29 is 59.9 Å². The highest BCUT2D eigenvalue weighted by molar-refractivity contribution is 5.47. The van der Waals surface area contributed by atoms with Crippen LogP contribution < -0.4 is 35.0 Å². The Morgan fingerprint density at radius 1 is 0.625 bits per heavy atom. The van der Waals surface area contributed by atoms with E-state index in [9.17, 15) is 51.4 Å². The van der Waals surface area contributed by atoms with Gasteiger partial charge < -0.3 is 29.4 Å². The third kappa shape index (κ3) is 13.7. The number of anilines is 1. The standard InChI is InChI=1S/C18H13F4N3O3.C7H7FN2O3.C7H9FN2O.C7H8N2O3/c1-9-14(6-15(27-2)16(22)23-9)28-18-24-17(26)13(21)8-25(18)7-10-3-11(19)5-12(20)4-10;1-4-5(10(11)12)3-6(13-2)7(8)9-4;1-4-5(9)3-6(11-2)7(8)10-4;1-5-7(9(10)11)3-6(12-2)4-8-5/h3-6,8H,7H2,1-2H3;3H,1-2H3;3H,9H2,1-2H3;3-4H,1-2H3. The van der Waals surface area contributed by atoms with E-state index in [0.717, 1.165) is 29.0 Å². The van der Waals surface area contributed by atoms with Crippen LogP contribution in [-0.2, 0) is 6.54 Å². The van der Waals surface area contributed by atoms with E-state index in [1.807, 2.05) is 0 Å². The Labute approximate surface area is 358 Å². The molecule has 6 aromatic rings. The molecule has 0 bridgehead atoms. The highest BCUT2D eigenvalue weighted by Gasteiger charge is 2.19. The number of halogens is 6. The van der Waals surface area contributed by atoms with Crippen LogP contribution in [0.3, 0.4) is 0 Å². The quantitative estimate of drug-likeness (QED) is 0.0617. The van der Waals surface area contributed by atoms with Crippen molar-refractivity contribution in [1.29, 1.82) is 0 Å². The molecule has 0 saturated carbocycles. The first-order chi connectivity index (χ1) is 30.1. The van der Waals surface area contributed by atoms with Crippen LogP contribution in [0.1, 0.15) is 28.3 Å². The van der Waals surface area contributed by atoms with Crippen LogP contribution in [0.25, 0.3) is 0 Å². The van der Waals surface area contributed by atoms with Gasteiger partial charge in [0.1, 0.15) is 28.8 Å². The first-order valence-corrected chi connectivity index (χ1v) is 17.7. The molecule has 64 heavy (non-hydrogen) atoms. The molecule has 0 radical (unpaired) electrons. The van der Waals surface area contributed by atoms with E-state index in [0.29, 0.717) is 28.9 Å². The summed E-state index contributed by atoms with van der Waals surface area (Å²) in [6.07, 6.45) is 2.24. The zero-order valence-electron chi connectivity index (χ0n) is 34.9. The Morgan fingerprint density at radius 3 is 1.66 bits per heavy atom. The summed E-state index contributed by atoms with van der Waals surface area (Å²) in [4.78, 5) is 49.0. The summed E-state index contributed by atoms with van der Waals surface area (Å²) in [6, 6.07) is 7.34. The van der Waals surface area contributed by atoms with Gasteiger partial charge in [0.05, 0.1) is 86.4 Å². The molecule has 2 N–H and O–H groups in total. The monoisotopic (exact) mass is 905 g/mol. The number of aromatic nitrogens is 6. The van der Waals surface area contributed by atoms with Crippen molar-refractivity contribution in [3.05, 3.63) is 149 Å². The van der Waals surface area contributed by atoms with Crippen LogP contribution in [0.2, 0.25) is 0 Å². The lowest BCUT2D eigenvalue weighted by molar-refractivity contribution is -0.386. The van der Waals surface area contributed by atoms with Gasteiger partial charge in [-0.15, -0.1) is 0 Å². The number of hydrogen-bond acceptors (Lipinski definition) is 16. The molecule has 19 nitrogen and oxygen atoms in total. The Hall–Kier alpha value is -8.12. The van der Waals surface area contributed by atoms with E-state index in [2.05, 4.69) is 34.4 Å². The van der Waals surface area contributed by atoms with Crippen LogP contribution >= 0.6 is 0 Å². The minimum atomic E-state index is -1.20. The number of nitrogens with two attached hydrogens (primary N) is 1. The maximum absolute atomic E-state index is 13.7. The van der Waals surface area contributed by atoms with Gasteiger partial charge in [0, 0.05) is 18.2 Å². The summed E-state index contributed by atoms with van der Waals surface area (Å²) in [5, 5.41) is 20.8. The lowest BCUT2D eigenvalue weighted by atomic mass is 10.2. The molecule has 0 amide bonds. The fraction of sp³-hybridized carbons (Fsp3) is 0.231. The second kappa shape index (κ2) is 22.6.